The van der Waals surface area contributed by atoms with Crippen LogP contribution in [0.3, 0.4) is 0 Å². The number of halogens is 3. The molecule has 1 aliphatic rings. The van der Waals surface area contributed by atoms with Crippen molar-refractivity contribution in [2.45, 2.75) is 12.7 Å². The number of rotatable bonds is 5. The molecule has 5 rings (SSSR count). The minimum atomic E-state index is -4.71. The Morgan fingerprint density at radius 2 is 1.79 bits per heavy atom. The minimum Gasteiger partial charge on any atom is -0.497 e. The van der Waals surface area contributed by atoms with Crippen LogP contribution in [0.4, 0.5) is 13.2 Å². The Hall–Kier alpha value is -4.43. The van der Waals surface area contributed by atoms with Gasteiger partial charge in [0.2, 0.25) is 0 Å². The first-order valence-electron chi connectivity index (χ1n) is 11.9. The summed E-state index contributed by atoms with van der Waals surface area (Å²) in [6, 6.07) is 17.0. The molecule has 0 bridgehead atoms. The van der Waals surface area contributed by atoms with Crippen molar-refractivity contribution in [3.63, 3.8) is 0 Å². The normalized spacial score (nSPS) is 14.4. The fraction of sp³-hybridized carbons (Fsp3) is 0.259. The van der Waals surface area contributed by atoms with Crippen LogP contribution in [-0.4, -0.2) is 63.6 Å². The summed E-state index contributed by atoms with van der Waals surface area (Å²) in [5.41, 5.74) is 0.875. The lowest BCUT2D eigenvalue weighted by molar-refractivity contribution is -0.142. The van der Waals surface area contributed by atoms with E-state index < -0.39 is 17.8 Å². The van der Waals surface area contributed by atoms with Gasteiger partial charge in [-0.15, -0.1) is 0 Å². The predicted octanol–water partition coefficient (Wildman–Crippen LogP) is 4.25. The molecule has 1 fully saturated rings. The first-order valence-corrected chi connectivity index (χ1v) is 11.9. The van der Waals surface area contributed by atoms with Crippen LogP contribution in [-0.2, 0) is 12.7 Å². The summed E-state index contributed by atoms with van der Waals surface area (Å²) in [6.07, 6.45) is -3.56. The molecule has 194 valence electrons. The second-order valence-corrected chi connectivity index (χ2v) is 8.88. The van der Waals surface area contributed by atoms with Crippen molar-refractivity contribution in [3.05, 3.63) is 83.2 Å². The van der Waals surface area contributed by atoms with Gasteiger partial charge in [-0.1, -0.05) is 18.2 Å². The van der Waals surface area contributed by atoms with E-state index in [1.54, 1.807) is 35.2 Å². The Balaban J connectivity index is 1.41. The zero-order valence-electron chi connectivity index (χ0n) is 20.4. The summed E-state index contributed by atoms with van der Waals surface area (Å²) >= 11 is 0. The highest BCUT2D eigenvalue weighted by atomic mass is 19.4. The van der Waals surface area contributed by atoms with Crippen LogP contribution >= 0.6 is 0 Å². The molecule has 2 aromatic heterocycles. The van der Waals surface area contributed by atoms with Crippen molar-refractivity contribution in [2.75, 3.05) is 33.3 Å². The smallest absolute Gasteiger partial charge is 0.433 e. The van der Waals surface area contributed by atoms with Gasteiger partial charge in [0.1, 0.15) is 11.3 Å². The second-order valence-electron chi connectivity index (χ2n) is 8.88. The van der Waals surface area contributed by atoms with Gasteiger partial charge in [-0.25, -0.2) is 9.50 Å². The Kier molecular flexibility index (Phi) is 6.73. The molecule has 1 saturated heterocycles. The average molecular weight is 521 g/mol. The van der Waals surface area contributed by atoms with Crippen molar-refractivity contribution in [2.24, 2.45) is 0 Å². The highest BCUT2D eigenvalue weighted by molar-refractivity contribution is 6.00. The first kappa shape index (κ1) is 25.2. The fourth-order valence-electron chi connectivity index (χ4n) is 4.51. The van der Waals surface area contributed by atoms with Crippen LogP contribution in [0, 0.1) is 11.3 Å². The number of hydrogen-bond acceptors (Lipinski definition) is 6. The summed E-state index contributed by atoms with van der Waals surface area (Å²) in [5.74, 6) is 0.130. The molecule has 11 heteroatoms. The zero-order chi connectivity index (χ0) is 26.9. The molecular formula is C27H23F3N6O2. The number of ether oxygens (including phenoxy) is 1. The number of fused-ring (bicyclic) bond motifs is 1. The van der Waals surface area contributed by atoms with Crippen LogP contribution in [0.5, 0.6) is 5.75 Å². The van der Waals surface area contributed by atoms with Crippen LogP contribution in [0.1, 0.15) is 27.2 Å². The van der Waals surface area contributed by atoms with E-state index in [2.05, 4.69) is 21.1 Å². The topological polar surface area (TPSA) is 86.8 Å². The SMILES string of the molecule is COc1ccc(-c2cc(C(F)(F)F)n3ncc(C(=O)N4CCN(Cc5ccccc5C#N)CC4)c3n2)cc1. The van der Waals surface area contributed by atoms with Crippen LogP contribution < -0.4 is 4.74 Å². The lowest BCUT2D eigenvalue weighted by atomic mass is 10.1. The number of nitrogens with zero attached hydrogens (tertiary/aromatic N) is 6. The van der Waals surface area contributed by atoms with Gasteiger partial charge in [-0.2, -0.15) is 23.5 Å². The first-order chi connectivity index (χ1) is 18.3. The third-order valence-corrected chi connectivity index (χ3v) is 6.57. The van der Waals surface area contributed by atoms with Crippen molar-refractivity contribution in [1.82, 2.24) is 24.4 Å². The van der Waals surface area contributed by atoms with E-state index in [4.69, 9.17) is 4.74 Å². The number of aromatic nitrogens is 3. The maximum atomic E-state index is 13.9. The maximum Gasteiger partial charge on any atom is 0.433 e. The summed E-state index contributed by atoms with van der Waals surface area (Å²) < 4.78 is 47.6. The van der Waals surface area contributed by atoms with Gasteiger partial charge in [-0.3, -0.25) is 9.69 Å². The van der Waals surface area contributed by atoms with Crippen molar-refractivity contribution >= 4 is 11.6 Å². The Bertz CT molecular complexity index is 1520. The van der Waals surface area contributed by atoms with E-state index in [1.165, 1.54) is 7.11 Å². The molecule has 0 radical (unpaired) electrons. The molecule has 0 atom stereocenters. The number of amides is 1. The third kappa shape index (κ3) is 4.90. The quantitative estimate of drug-likeness (QED) is 0.391. The number of piperazine rings is 1. The molecule has 2 aromatic carbocycles. The highest BCUT2D eigenvalue weighted by Gasteiger charge is 2.36. The van der Waals surface area contributed by atoms with E-state index >= 15 is 0 Å². The molecule has 1 aliphatic heterocycles. The number of methoxy groups -OCH3 is 1. The Morgan fingerprint density at radius 1 is 1.08 bits per heavy atom. The molecule has 3 heterocycles. The molecular weight excluding hydrogens is 497 g/mol. The summed E-state index contributed by atoms with van der Waals surface area (Å²) in [5, 5.41) is 13.2. The molecule has 0 spiro atoms. The van der Waals surface area contributed by atoms with Crippen molar-refractivity contribution in [1.29, 1.82) is 5.26 Å². The standard InChI is InChI=1S/C27H23F3N6O2/c1-38-21-8-6-18(7-9-21)23-14-24(27(28,29)30)36-25(33-23)22(16-32-36)26(37)35-12-10-34(11-13-35)17-20-5-3-2-4-19(20)15-31/h2-9,14,16H,10-13,17H2,1H3. The number of alkyl halides is 3. The fourth-order valence-corrected chi connectivity index (χ4v) is 4.51. The van der Waals surface area contributed by atoms with Gasteiger partial charge >= 0.3 is 6.18 Å². The highest BCUT2D eigenvalue weighted by Crippen LogP contribution is 2.33. The number of hydrogen-bond donors (Lipinski definition) is 0. The minimum absolute atomic E-state index is 0.00846. The van der Waals surface area contributed by atoms with Crippen molar-refractivity contribution in [3.8, 4) is 23.1 Å². The molecule has 4 aromatic rings. The average Bonchev–Trinajstić information content (AvgIpc) is 3.36. The van der Waals surface area contributed by atoms with Gasteiger partial charge in [0.15, 0.2) is 11.3 Å². The summed E-state index contributed by atoms with van der Waals surface area (Å²) in [4.78, 5) is 21.6. The Labute approximate surface area is 216 Å². The van der Waals surface area contributed by atoms with Crippen LogP contribution in [0.2, 0.25) is 0 Å². The molecule has 0 saturated carbocycles. The van der Waals surface area contributed by atoms with E-state index in [0.717, 1.165) is 17.8 Å². The van der Waals surface area contributed by atoms with Crippen molar-refractivity contribution < 1.29 is 22.7 Å². The van der Waals surface area contributed by atoms with E-state index in [0.29, 0.717) is 54.1 Å². The lowest BCUT2D eigenvalue weighted by Gasteiger charge is -2.34. The monoisotopic (exact) mass is 520 g/mol. The van der Waals surface area contributed by atoms with Gasteiger partial charge in [-0.05, 0) is 42.0 Å². The molecule has 0 unspecified atom stereocenters. The maximum absolute atomic E-state index is 13.9. The molecule has 38 heavy (non-hydrogen) atoms. The number of nitriles is 1. The summed E-state index contributed by atoms with van der Waals surface area (Å²) in [6.45, 7) is 2.46. The number of carbonyl (C=O) groups is 1. The van der Waals surface area contributed by atoms with Crippen LogP contribution in [0.15, 0.2) is 60.8 Å². The largest absolute Gasteiger partial charge is 0.497 e. The van der Waals surface area contributed by atoms with Gasteiger partial charge in [0, 0.05) is 38.3 Å². The van der Waals surface area contributed by atoms with Gasteiger partial charge < -0.3 is 9.64 Å². The molecule has 0 N–H and O–H groups in total. The van der Waals surface area contributed by atoms with Gasteiger partial charge in [0.05, 0.1) is 30.6 Å². The summed E-state index contributed by atoms with van der Waals surface area (Å²) in [7, 11) is 1.50. The molecule has 0 aliphatic carbocycles. The Morgan fingerprint density at radius 3 is 2.45 bits per heavy atom. The third-order valence-electron chi connectivity index (χ3n) is 6.57. The molecule has 1 amide bonds. The van der Waals surface area contributed by atoms with E-state index in [9.17, 15) is 23.2 Å². The molecule has 8 nitrogen and oxygen atoms in total. The zero-order valence-corrected chi connectivity index (χ0v) is 20.4. The number of benzene rings is 2. The lowest BCUT2D eigenvalue weighted by Crippen LogP contribution is -2.48. The second kappa shape index (κ2) is 10.1. The van der Waals surface area contributed by atoms with Crippen LogP contribution in [0.25, 0.3) is 16.9 Å². The number of carbonyl (C=O) groups excluding carboxylic acids is 1. The van der Waals surface area contributed by atoms with E-state index in [1.807, 2.05) is 18.2 Å². The predicted molar refractivity (Wildman–Crippen MR) is 132 cm³/mol. The van der Waals surface area contributed by atoms with E-state index in [-0.39, 0.29) is 16.9 Å². The van der Waals surface area contributed by atoms with Gasteiger partial charge in [0.25, 0.3) is 5.91 Å².